The predicted octanol–water partition coefficient (Wildman–Crippen LogP) is 4.12. The minimum atomic E-state index is 0.202. The Hall–Kier alpha value is -1.74. The van der Waals surface area contributed by atoms with Gasteiger partial charge in [0.2, 0.25) is 0 Å². The number of fused-ring (bicyclic) bond motifs is 1. The van der Waals surface area contributed by atoms with Crippen LogP contribution < -0.4 is 4.74 Å². The fraction of sp³-hybridized carbons (Fsp3) is 0.188. The van der Waals surface area contributed by atoms with Gasteiger partial charge in [0.05, 0.1) is 7.11 Å². The fourth-order valence-corrected chi connectivity index (χ4v) is 3.58. The van der Waals surface area contributed by atoms with Gasteiger partial charge in [0.25, 0.3) is 0 Å². The summed E-state index contributed by atoms with van der Waals surface area (Å²) < 4.78 is 5.16. The average Bonchev–Trinajstić information content (AvgIpc) is 2.47. The highest BCUT2D eigenvalue weighted by atomic mass is 32.2. The molecule has 96 valence electrons. The number of hydrogen-bond donors (Lipinski definition) is 0. The molecule has 0 aliphatic carbocycles. The maximum absolute atomic E-state index is 12.2. The fourth-order valence-electron chi connectivity index (χ4n) is 2.28. The highest BCUT2D eigenvalue weighted by molar-refractivity contribution is 7.99. The minimum Gasteiger partial charge on any atom is -0.497 e. The lowest BCUT2D eigenvalue weighted by atomic mass is 10.0. The maximum atomic E-state index is 12.2. The van der Waals surface area contributed by atoms with Crippen LogP contribution >= 0.6 is 11.8 Å². The molecule has 19 heavy (non-hydrogen) atoms. The van der Waals surface area contributed by atoms with E-state index in [1.54, 1.807) is 18.9 Å². The topological polar surface area (TPSA) is 26.3 Å². The third-order valence-corrected chi connectivity index (χ3v) is 4.65. The lowest BCUT2D eigenvalue weighted by molar-refractivity contribution is 0.0976. The van der Waals surface area contributed by atoms with E-state index in [0.29, 0.717) is 6.42 Å². The van der Waals surface area contributed by atoms with Gasteiger partial charge in [0.1, 0.15) is 5.75 Å². The van der Waals surface area contributed by atoms with Crippen molar-refractivity contribution in [2.75, 3.05) is 7.11 Å². The van der Waals surface area contributed by atoms with E-state index in [1.165, 1.54) is 5.56 Å². The summed E-state index contributed by atoms with van der Waals surface area (Å²) in [6.07, 6.45) is 0.564. The zero-order chi connectivity index (χ0) is 13.2. The van der Waals surface area contributed by atoms with Gasteiger partial charge in [-0.15, -0.1) is 11.8 Å². The Morgan fingerprint density at radius 2 is 1.84 bits per heavy atom. The summed E-state index contributed by atoms with van der Waals surface area (Å²) in [4.78, 5) is 13.2. The number of benzene rings is 2. The van der Waals surface area contributed by atoms with Crippen molar-refractivity contribution >= 4 is 17.5 Å². The summed E-state index contributed by atoms with van der Waals surface area (Å²) in [6, 6.07) is 15.8. The smallest absolute Gasteiger partial charge is 0.165 e. The predicted molar refractivity (Wildman–Crippen MR) is 77.0 cm³/mol. The van der Waals surface area contributed by atoms with Gasteiger partial charge in [-0.05, 0) is 23.8 Å². The van der Waals surface area contributed by atoms with Gasteiger partial charge < -0.3 is 4.74 Å². The van der Waals surface area contributed by atoms with Crippen molar-refractivity contribution in [3.63, 3.8) is 0 Å². The van der Waals surface area contributed by atoms with Gasteiger partial charge >= 0.3 is 0 Å². The van der Waals surface area contributed by atoms with Gasteiger partial charge in [-0.25, -0.2) is 0 Å². The highest BCUT2D eigenvalue weighted by Gasteiger charge is 2.26. The van der Waals surface area contributed by atoms with Crippen LogP contribution in [0.3, 0.4) is 0 Å². The number of ketones is 1. The molecule has 3 heteroatoms. The van der Waals surface area contributed by atoms with E-state index in [-0.39, 0.29) is 11.0 Å². The minimum absolute atomic E-state index is 0.202. The summed E-state index contributed by atoms with van der Waals surface area (Å²) in [6.45, 7) is 0. The molecule has 1 unspecified atom stereocenters. The number of carbonyl (C=O) groups is 1. The molecule has 0 bridgehead atoms. The molecule has 1 aliphatic rings. The second-order valence-corrected chi connectivity index (χ2v) is 5.75. The monoisotopic (exact) mass is 270 g/mol. The molecule has 1 aliphatic heterocycles. The van der Waals surface area contributed by atoms with Crippen molar-refractivity contribution in [1.82, 2.24) is 0 Å². The molecule has 2 aromatic carbocycles. The van der Waals surface area contributed by atoms with Crippen LogP contribution in [0.5, 0.6) is 5.75 Å². The molecular formula is C16H14O2S. The van der Waals surface area contributed by atoms with Crippen LogP contribution in [-0.4, -0.2) is 12.9 Å². The van der Waals surface area contributed by atoms with Crippen LogP contribution in [0, 0.1) is 0 Å². The lowest BCUT2D eigenvalue weighted by Gasteiger charge is -2.23. The third kappa shape index (κ3) is 2.38. The first-order chi connectivity index (χ1) is 9.28. The maximum Gasteiger partial charge on any atom is 0.165 e. The number of Topliss-reactive ketones (excluding diaryl/α,β-unsaturated/α-hetero) is 1. The van der Waals surface area contributed by atoms with Crippen LogP contribution in [0.2, 0.25) is 0 Å². The number of hydrogen-bond acceptors (Lipinski definition) is 3. The Balaban J connectivity index is 1.90. The molecule has 1 atom stereocenters. The molecule has 0 saturated carbocycles. The van der Waals surface area contributed by atoms with Crippen LogP contribution in [0.4, 0.5) is 0 Å². The average molecular weight is 270 g/mol. The molecule has 2 nitrogen and oxygen atoms in total. The molecule has 0 aromatic heterocycles. The summed E-state index contributed by atoms with van der Waals surface area (Å²) in [7, 11) is 1.66. The Labute approximate surface area is 116 Å². The third-order valence-electron chi connectivity index (χ3n) is 3.32. The molecule has 0 spiro atoms. The summed E-state index contributed by atoms with van der Waals surface area (Å²) in [5.41, 5.74) is 2.03. The first-order valence-corrected chi connectivity index (χ1v) is 7.09. The molecule has 0 radical (unpaired) electrons. The van der Waals surface area contributed by atoms with Crippen molar-refractivity contribution in [3.8, 4) is 5.75 Å². The van der Waals surface area contributed by atoms with E-state index in [4.69, 9.17) is 4.74 Å². The summed E-state index contributed by atoms with van der Waals surface area (Å²) in [5, 5.41) is 0.202. The number of thioether (sulfide) groups is 1. The Morgan fingerprint density at radius 3 is 2.58 bits per heavy atom. The standard InChI is InChI=1S/C16H14O2S/c1-18-12-8-6-11(7-9-12)16-10-14(17)13-4-2-3-5-15(13)19-16/h2-9,16H,10H2,1H3. The van der Waals surface area contributed by atoms with Crippen LogP contribution in [0.1, 0.15) is 27.6 Å². The van der Waals surface area contributed by atoms with E-state index in [1.807, 2.05) is 48.5 Å². The van der Waals surface area contributed by atoms with Crippen molar-refractivity contribution in [3.05, 3.63) is 59.7 Å². The lowest BCUT2D eigenvalue weighted by Crippen LogP contribution is -2.11. The zero-order valence-electron chi connectivity index (χ0n) is 10.6. The zero-order valence-corrected chi connectivity index (χ0v) is 11.4. The molecule has 0 N–H and O–H groups in total. The number of rotatable bonds is 2. The van der Waals surface area contributed by atoms with Gasteiger partial charge in [-0.2, -0.15) is 0 Å². The summed E-state index contributed by atoms with van der Waals surface area (Å²) in [5.74, 6) is 1.08. The van der Waals surface area contributed by atoms with Crippen LogP contribution in [0.15, 0.2) is 53.4 Å². The largest absolute Gasteiger partial charge is 0.497 e. The summed E-state index contributed by atoms with van der Waals surface area (Å²) >= 11 is 1.77. The second-order valence-electron chi connectivity index (χ2n) is 4.50. The number of ether oxygens (including phenoxy) is 1. The van der Waals surface area contributed by atoms with E-state index in [9.17, 15) is 4.79 Å². The number of carbonyl (C=O) groups excluding carboxylic acids is 1. The molecule has 0 fully saturated rings. The first kappa shape index (κ1) is 12.3. The van der Waals surface area contributed by atoms with E-state index >= 15 is 0 Å². The molecule has 0 amide bonds. The van der Waals surface area contributed by atoms with Gasteiger partial charge in [0, 0.05) is 22.1 Å². The quantitative estimate of drug-likeness (QED) is 0.821. The molecule has 2 aromatic rings. The Kier molecular flexibility index (Phi) is 3.30. The van der Waals surface area contributed by atoms with Gasteiger partial charge in [0.15, 0.2) is 5.78 Å². The van der Waals surface area contributed by atoms with Gasteiger partial charge in [-0.3, -0.25) is 4.79 Å². The molecule has 0 saturated heterocycles. The normalized spacial score (nSPS) is 17.9. The Bertz CT molecular complexity index is 604. The highest BCUT2D eigenvalue weighted by Crippen LogP contribution is 2.44. The van der Waals surface area contributed by atoms with E-state index < -0.39 is 0 Å². The van der Waals surface area contributed by atoms with E-state index in [2.05, 4.69) is 0 Å². The van der Waals surface area contributed by atoms with Gasteiger partial charge in [-0.1, -0.05) is 30.3 Å². The van der Waals surface area contributed by atoms with Crippen LogP contribution in [0.25, 0.3) is 0 Å². The van der Waals surface area contributed by atoms with Crippen molar-refractivity contribution < 1.29 is 9.53 Å². The van der Waals surface area contributed by atoms with Crippen molar-refractivity contribution in [2.45, 2.75) is 16.6 Å². The van der Waals surface area contributed by atoms with E-state index in [0.717, 1.165) is 16.2 Å². The first-order valence-electron chi connectivity index (χ1n) is 6.21. The van der Waals surface area contributed by atoms with Crippen LogP contribution in [-0.2, 0) is 0 Å². The molecule has 3 rings (SSSR count). The van der Waals surface area contributed by atoms with Crippen molar-refractivity contribution in [2.24, 2.45) is 0 Å². The Morgan fingerprint density at radius 1 is 1.11 bits per heavy atom. The molecule has 1 heterocycles. The second kappa shape index (κ2) is 5.10. The van der Waals surface area contributed by atoms with Crippen molar-refractivity contribution in [1.29, 1.82) is 0 Å². The number of methoxy groups -OCH3 is 1. The molecular weight excluding hydrogens is 256 g/mol. The SMILES string of the molecule is COc1ccc(C2CC(=O)c3ccccc3S2)cc1.